The van der Waals surface area contributed by atoms with Crippen LogP contribution in [0.5, 0.6) is 0 Å². The lowest BCUT2D eigenvalue weighted by atomic mass is 9.90. The second kappa shape index (κ2) is 4.61. The van der Waals surface area contributed by atoms with E-state index in [1.54, 1.807) is 0 Å². The predicted octanol–water partition coefficient (Wildman–Crippen LogP) is 2.56. The first-order chi connectivity index (χ1) is 8.33. The Labute approximate surface area is 103 Å². The molecular formula is C15H19NO. The van der Waals surface area contributed by atoms with Crippen LogP contribution in [0.4, 0.5) is 0 Å². The Bertz CT molecular complexity index is 417. The molecule has 2 heteroatoms. The SMILES string of the molecule is O=C1CCC(N2CCc3ccccc3C2)CC1. The fourth-order valence-electron chi connectivity index (χ4n) is 3.12. The quantitative estimate of drug-likeness (QED) is 0.737. The zero-order valence-electron chi connectivity index (χ0n) is 10.2. The second-order valence-electron chi connectivity index (χ2n) is 5.26. The second-order valence-corrected chi connectivity index (χ2v) is 5.26. The van der Waals surface area contributed by atoms with Gasteiger partial charge in [-0.25, -0.2) is 0 Å². The molecule has 1 aromatic rings. The Hall–Kier alpha value is -1.15. The zero-order valence-corrected chi connectivity index (χ0v) is 10.2. The summed E-state index contributed by atoms with van der Waals surface area (Å²) in [6.07, 6.45) is 4.90. The molecule has 0 aromatic heterocycles. The van der Waals surface area contributed by atoms with Gasteiger partial charge in [0, 0.05) is 32.0 Å². The number of Topliss-reactive ketones (excluding diaryl/α,β-unsaturated/α-hetero) is 1. The first-order valence-corrected chi connectivity index (χ1v) is 6.65. The van der Waals surface area contributed by atoms with Crippen LogP contribution in [-0.4, -0.2) is 23.3 Å². The lowest BCUT2D eigenvalue weighted by molar-refractivity contribution is -0.121. The molecule has 1 fully saturated rings. The molecule has 1 aliphatic carbocycles. The fourth-order valence-corrected chi connectivity index (χ4v) is 3.12. The van der Waals surface area contributed by atoms with Crippen LogP contribution >= 0.6 is 0 Å². The van der Waals surface area contributed by atoms with E-state index in [1.165, 1.54) is 17.5 Å². The Morgan fingerprint density at radius 2 is 1.71 bits per heavy atom. The minimum absolute atomic E-state index is 0.457. The van der Waals surface area contributed by atoms with Gasteiger partial charge in [-0.15, -0.1) is 0 Å². The number of hydrogen-bond donors (Lipinski definition) is 0. The van der Waals surface area contributed by atoms with Gasteiger partial charge in [-0.2, -0.15) is 0 Å². The van der Waals surface area contributed by atoms with Gasteiger partial charge >= 0.3 is 0 Å². The number of benzene rings is 1. The summed E-state index contributed by atoms with van der Waals surface area (Å²) in [5.41, 5.74) is 2.99. The van der Waals surface area contributed by atoms with Crippen molar-refractivity contribution in [3.8, 4) is 0 Å². The van der Waals surface area contributed by atoms with Crippen molar-refractivity contribution < 1.29 is 4.79 Å². The highest BCUT2D eigenvalue weighted by atomic mass is 16.1. The van der Waals surface area contributed by atoms with Crippen LogP contribution in [0, 0.1) is 0 Å². The summed E-state index contributed by atoms with van der Waals surface area (Å²) in [5.74, 6) is 0.457. The Morgan fingerprint density at radius 1 is 1.00 bits per heavy atom. The summed E-state index contributed by atoms with van der Waals surface area (Å²) in [5, 5.41) is 0. The highest BCUT2D eigenvalue weighted by Gasteiger charge is 2.26. The number of hydrogen-bond acceptors (Lipinski definition) is 2. The summed E-state index contributed by atoms with van der Waals surface area (Å²) >= 11 is 0. The first kappa shape index (κ1) is 11.0. The molecule has 90 valence electrons. The van der Waals surface area contributed by atoms with Crippen molar-refractivity contribution in [2.75, 3.05) is 6.54 Å². The maximum absolute atomic E-state index is 11.3. The molecule has 3 rings (SSSR count). The normalized spacial score (nSPS) is 22.5. The highest BCUT2D eigenvalue weighted by Crippen LogP contribution is 2.26. The van der Waals surface area contributed by atoms with Crippen molar-refractivity contribution in [1.82, 2.24) is 4.90 Å². The van der Waals surface area contributed by atoms with E-state index in [-0.39, 0.29) is 0 Å². The van der Waals surface area contributed by atoms with Gasteiger partial charge in [0.15, 0.2) is 0 Å². The molecule has 1 aromatic carbocycles. The predicted molar refractivity (Wildman–Crippen MR) is 67.8 cm³/mol. The summed E-state index contributed by atoms with van der Waals surface area (Å²) in [6.45, 7) is 2.24. The topological polar surface area (TPSA) is 20.3 Å². The molecule has 0 atom stereocenters. The van der Waals surface area contributed by atoms with Gasteiger partial charge in [0.2, 0.25) is 0 Å². The van der Waals surface area contributed by atoms with Crippen molar-refractivity contribution >= 4 is 5.78 Å². The van der Waals surface area contributed by atoms with Crippen LogP contribution in [0.2, 0.25) is 0 Å². The van der Waals surface area contributed by atoms with Crippen molar-refractivity contribution in [3.63, 3.8) is 0 Å². The van der Waals surface area contributed by atoms with Crippen LogP contribution in [0.3, 0.4) is 0 Å². The standard InChI is InChI=1S/C15H19NO/c17-15-7-5-14(6-8-15)16-10-9-12-3-1-2-4-13(12)11-16/h1-4,14H,5-11H2. The number of ketones is 1. The van der Waals surface area contributed by atoms with Crippen LogP contribution in [0.1, 0.15) is 36.8 Å². The lowest BCUT2D eigenvalue weighted by Gasteiger charge is -2.37. The lowest BCUT2D eigenvalue weighted by Crippen LogP contribution is -2.41. The molecule has 2 nitrogen and oxygen atoms in total. The van der Waals surface area contributed by atoms with E-state index in [2.05, 4.69) is 29.2 Å². The zero-order chi connectivity index (χ0) is 11.7. The summed E-state index contributed by atoms with van der Waals surface area (Å²) < 4.78 is 0. The number of nitrogens with zero attached hydrogens (tertiary/aromatic N) is 1. The molecular weight excluding hydrogens is 210 g/mol. The summed E-state index contributed by atoms with van der Waals surface area (Å²) in [6, 6.07) is 9.40. The Balaban J connectivity index is 1.69. The van der Waals surface area contributed by atoms with E-state index in [4.69, 9.17) is 0 Å². The van der Waals surface area contributed by atoms with E-state index in [0.717, 1.165) is 38.8 Å². The molecule has 0 N–H and O–H groups in total. The third kappa shape index (κ3) is 2.27. The van der Waals surface area contributed by atoms with Crippen LogP contribution in [-0.2, 0) is 17.8 Å². The Morgan fingerprint density at radius 3 is 2.47 bits per heavy atom. The molecule has 0 radical (unpaired) electrons. The van der Waals surface area contributed by atoms with Gasteiger partial charge < -0.3 is 0 Å². The van der Waals surface area contributed by atoms with Gasteiger partial charge in [0.25, 0.3) is 0 Å². The number of rotatable bonds is 1. The first-order valence-electron chi connectivity index (χ1n) is 6.65. The molecule has 2 aliphatic rings. The van der Waals surface area contributed by atoms with Gasteiger partial charge in [0.1, 0.15) is 5.78 Å². The number of carbonyl (C=O) groups is 1. The third-order valence-electron chi connectivity index (χ3n) is 4.19. The van der Waals surface area contributed by atoms with Gasteiger partial charge in [-0.3, -0.25) is 9.69 Å². The fraction of sp³-hybridized carbons (Fsp3) is 0.533. The van der Waals surface area contributed by atoms with E-state index in [9.17, 15) is 4.79 Å². The summed E-state index contributed by atoms with van der Waals surface area (Å²) in [7, 11) is 0. The molecule has 0 spiro atoms. The molecule has 0 amide bonds. The molecule has 0 bridgehead atoms. The maximum atomic E-state index is 11.3. The molecule has 0 unspecified atom stereocenters. The third-order valence-corrected chi connectivity index (χ3v) is 4.19. The smallest absolute Gasteiger partial charge is 0.133 e. The van der Waals surface area contributed by atoms with Crippen molar-refractivity contribution in [1.29, 1.82) is 0 Å². The van der Waals surface area contributed by atoms with Gasteiger partial charge in [0.05, 0.1) is 0 Å². The van der Waals surface area contributed by atoms with Crippen molar-refractivity contribution in [2.45, 2.75) is 44.7 Å². The van der Waals surface area contributed by atoms with Gasteiger partial charge in [-0.05, 0) is 30.4 Å². The minimum Gasteiger partial charge on any atom is -0.300 e. The average Bonchev–Trinajstić information content (AvgIpc) is 2.39. The van der Waals surface area contributed by atoms with E-state index in [1.807, 2.05) is 0 Å². The largest absolute Gasteiger partial charge is 0.300 e. The van der Waals surface area contributed by atoms with E-state index >= 15 is 0 Å². The monoisotopic (exact) mass is 229 g/mol. The van der Waals surface area contributed by atoms with Crippen LogP contribution in [0.25, 0.3) is 0 Å². The highest BCUT2D eigenvalue weighted by molar-refractivity contribution is 5.79. The van der Waals surface area contributed by atoms with E-state index in [0.29, 0.717) is 11.8 Å². The van der Waals surface area contributed by atoms with Gasteiger partial charge in [-0.1, -0.05) is 24.3 Å². The van der Waals surface area contributed by atoms with Crippen LogP contribution < -0.4 is 0 Å². The molecule has 17 heavy (non-hydrogen) atoms. The minimum atomic E-state index is 0.457. The Kier molecular flexibility index (Phi) is 2.98. The van der Waals surface area contributed by atoms with E-state index < -0.39 is 0 Å². The molecule has 1 heterocycles. The number of fused-ring (bicyclic) bond motifs is 1. The molecule has 1 saturated carbocycles. The molecule has 1 aliphatic heterocycles. The average molecular weight is 229 g/mol. The molecule has 0 saturated heterocycles. The maximum Gasteiger partial charge on any atom is 0.133 e. The number of carbonyl (C=O) groups excluding carboxylic acids is 1. The van der Waals surface area contributed by atoms with Crippen molar-refractivity contribution in [2.24, 2.45) is 0 Å². The van der Waals surface area contributed by atoms with Crippen LogP contribution in [0.15, 0.2) is 24.3 Å². The van der Waals surface area contributed by atoms with Crippen molar-refractivity contribution in [3.05, 3.63) is 35.4 Å². The summed E-state index contributed by atoms with van der Waals surface area (Å²) in [4.78, 5) is 13.8.